The minimum atomic E-state index is -0.137. The molecule has 0 aliphatic heterocycles. The molecule has 2 heteroatoms. The van der Waals surface area contributed by atoms with Crippen LogP contribution in [-0.4, -0.2) is 12.6 Å². The maximum absolute atomic E-state index is 13.3. The molecule has 1 nitrogen and oxygen atoms in total. The number of aryl methyl sites for hydroxylation is 1. The van der Waals surface area contributed by atoms with E-state index in [-0.39, 0.29) is 11.2 Å². The molecule has 0 spiro atoms. The summed E-state index contributed by atoms with van der Waals surface area (Å²) >= 11 is 0. The van der Waals surface area contributed by atoms with Crippen molar-refractivity contribution in [3.8, 4) is 0 Å². The molecule has 0 fully saturated rings. The summed E-state index contributed by atoms with van der Waals surface area (Å²) in [6.45, 7) is 11.9. The van der Waals surface area contributed by atoms with Crippen LogP contribution in [0.4, 0.5) is 4.39 Å². The van der Waals surface area contributed by atoms with Crippen molar-refractivity contribution >= 4 is 0 Å². The van der Waals surface area contributed by atoms with Crippen molar-refractivity contribution in [2.75, 3.05) is 6.54 Å². The molecule has 0 heterocycles. The van der Waals surface area contributed by atoms with Crippen LogP contribution < -0.4 is 5.32 Å². The van der Waals surface area contributed by atoms with Crippen molar-refractivity contribution in [2.24, 2.45) is 5.41 Å². The van der Waals surface area contributed by atoms with E-state index >= 15 is 0 Å². The van der Waals surface area contributed by atoms with E-state index in [2.05, 4.69) is 39.9 Å². The molecule has 0 radical (unpaired) electrons. The first-order valence-electron chi connectivity index (χ1n) is 6.80. The van der Waals surface area contributed by atoms with Gasteiger partial charge in [0, 0.05) is 6.04 Å². The molecular formula is C16H26FN. The molecule has 1 rings (SSSR count). The topological polar surface area (TPSA) is 12.0 Å². The molecule has 0 saturated carbocycles. The second-order valence-electron chi connectivity index (χ2n) is 6.29. The SMILES string of the molecule is CCNC(Cc1cc(F)ccc1C)CC(C)(C)C. The third kappa shape index (κ3) is 5.18. The number of hydrogen-bond acceptors (Lipinski definition) is 1. The molecule has 1 aromatic carbocycles. The second kappa shape index (κ2) is 6.33. The third-order valence-corrected chi connectivity index (χ3v) is 3.13. The summed E-state index contributed by atoms with van der Waals surface area (Å²) in [5.41, 5.74) is 2.58. The van der Waals surface area contributed by atoms with Crippen LogP contribution in [0.5, 0.6) is 0 Å². The zero-order valence-corrected chi connectivity index (χ0v) is 12.3. The minimum absolute atomic E-state index is 0.137. The molecule has 1 unspecified atom stereocenters. The Morgan fingerprint density at radius 3 is 2.50 bits per heavy atom. The highest BCUT2D eigenvalue weighted by molar-refractivity contribution is 5.27. The molecule has 1 aromatic rings. The van der Waals surface area contributed by atoms with E-state index < -0.39 is 0 Å². The number of nitrogens with one attached hydrogen (secondary N) is 1. The van der Waals surface area contributed by atoms with E-state index in [0.717, 1.165) is 24.9 Å². The Kier molecular flexibility index (Phi) is 5.33. The van der Waals surface area contributed by atoms with E-state index in [4.69, 9.17) is 0 Å². The van der Waals surface area contributed by atoms with Gasteiger partial charge in [0.1, 0.15) is 5.82 Å². The Bertz CT molecular complexity index is 379. The van der Waals surface area contributed by atoms with Gasteiger partial charge in [-0.25, -0.2) is 4.39 Å². The van der Waals surface area contributed by atoms with Crippen LogP contribution in [0, 0.1) is 18.2 Å². The quantitative estimate of drug-likeness (QED) is 0.831. The molecule has 18 heavy (non-hydrogen) atoms. The minimum Gasteiger partial charge on any atom is -0.314 e. The number of likely N-dealkylation sites (N-methyl/N-ethyl adjacent to an activating group) is 1. The Morgan fingerprint density at radius 2 is 1.94 bits per heavy atom. The first-order valence-corrected chi connectivity index (χ1v) is 6.80. The van der Waals surface area contributed by atoms with Gasteiger partial charge in [0.15, 0.2) is 0 Å². The van der Waals surface area contributed by atoms with Crippen LogP contribution in [0.25, 0.3) is 0 Å². The van der Waals surface area contributed by atoms with Crippen LogP contribution in [-0.2, 0) is 6.42 Å². The second-order valence-corrected chi connectivity index (χ2v) is 6.29. The monoisotopic (exact) mass is 251 g/mol. The van der Waals surface area contributed by atoms with Gasteiger partial charge in [-0.3, -0.25) is 0 Å². The van der Waals surface area contributed by atoms with E-state index in [1.54, 1.807) is 6.07 Å². The summed E-state index contributed by atoms with van der Waals surface area (Å²) in [4.78, 5) is 0. The lowest BCUT2D eigenvalue weighted by Crippen LogP contribution is -2.34. The van der Waals surface area contributed by atoms with Crippen molar-refractivity contribution in [1.29, 1.82) is 0 Å². The molecule has 1 atom stereocenters. The highest BCUT2D eigenvalue weighted by Gasteiger charge is 2.19. The molecular weight excluding hydrogens is 225 g/mol. The standard InChI is InChI=1S/C16H26FN/c1-6-18-15(11-16(3,4)5)10-13-9-14(17)8-7-12(13)2/h7-9,15,18H,6,10-11H2,1-5H3. The Hall–Kier alpha value is -0.890. The van der Waals surface area contributed by atoms with Crippen molar-refractivity contribution in [1.82, 2.24) is 5.32 Å². The van der Waals surface area contributed by atoms with Gasteiger partial charge in [0.05, 0.1) is 0 Å². The fourth-order valence-corrected chi connectivity index (χ4v) is 2.37. The first-order chi connectivity index (χ1) is 8.31. The number of rotatable bonds is 5. The highest BCUT2D eigenvalue weighted by Crippen LogP contribution is 2.23. The number of hydrogen-bond donors (Lipinski definition) is 1. The summed E-state index contributed by atoms with van der Waals surface area (Å²) in [5, 5.41) is 3.51. The maximum atomic E-state index is 13.3. The predicted octanol–water partition coefficient (Wildman–Crippen LogP) is 4.09. The summed E-state index contributed by atoms with van der Waals surface area (Å²) in [6, 6.07) is 5.48. The van der Waals surface area contributed by atoms with E-state index in [0.29, 0.717) is 6.04 Å². The Balaban J connectivity index is 2.79. The molecule has 0 amide bonds. The Labute approximate surface area is 111 Å². The lowest BCUT2D eigenvalue weighted by atomic mass is 9.85. The molecule has 1 N–H and O–H groups in total. The van der Waals surface area contributed by atoms with Gasteiger partial charge >= 0.3 is 0 Å². The molecule has 0 aromatic heterocycles. The first kappa shape index (κ1) is 15.2. The maximum Gasteiger partial charge on any atom is 0.123 e. The molecule has 0 saturated heterocycles. The average molecular weight is 251 g/mol. The molecule has 0 aliphatic rings. The van der Waals surface area contributed by atoms with Crippen molar-refractivity contribution in [3.05, 3.63) is 35.1 Å². The largest absolute Gasteiger partial charge is 0.314 e. The summed E-state index contributed by atoms with van der Waals surface area (Å²) in [7, 11) is 0. The van der Waals surface area contributed by atoms with E-state index in [9.17, 15) is 4.39 Å². The van der Waals surface area contributed by atoms with E-state index in [1.807, 2.05) is 6.07 Å². The van der Waals surface area contributed by atoms with Crippen LogP contribution in [0.2, 0.25) is 0 Å². The zero-order valence-electron chi connectivity index (χ0n) is 12.3. The van der Waals surface area contributed by atoms with Crippen LogP contribution >= 0.6 is 0 Å². The van der Waals surface area contributed by atoms with Gasteiger partial charge in [-0.05, 0) is 55.0 Å². The normalized spacial score (nSPS) is 13.7. The lowest BCUT2D eigenvalue weighted by molar-refractivity contribution is 0.309. The smallest absolute Gasteiger partial charge is 0.123 e. The van der Waals surface area contributed by atoms with Crippen molar-refractivity contribution in [3.63, 3.8) is 0 Å². The van der Waals surface area contributed by atoms with Crippen LogP contribution in [0.1, 0.15) is 45.2 Å². The fourth-order valence-electron chi connectivity index (χ4n) is 2.37. The third-order valence-electron chi connectivity index (χ3n) is 3.13. The van der Waals surface area contributed by atoms with Gasteiger partial charge < -0.3 is 5.32 Å². The predicted molar refractivity (Wildman–Crippen MR) is 76.4 cm³/mol. The van der Waals surface area contributed by atoms with Gasteiger partial charge in [-0.15, -0.1) is 0 Å². The molecule has 0 bridgehead atoms. The van der Waals surface area contributed by atoms with Crippen LogP contribution in [0.15, 0.2) is 18.2 Å². The average Bonchev–Trinajstić information content (AvgIpc) is 2.21. The van der Waals surface area contributed by atoms with Crippen molar-refractivity contribution in [2.45, 2.75) is 53.5 Å². The van der Waals surface area contributed by atoms with E-state index in [1.165, 1.54) is 11.6 Å². The lowest BCUT2D eigenvalue weighted by Gasteiger charge is -2.27. The van der Waals surface area contributed by atoms with Gasteiger partial charge in [0.25, 0.3) is 0 Å². The van der Waals surface area contributed by atoms with Gasteiger partial charge in [0.2, 0.25) is 0 Å². The summed E-state index contributed by atoms with van der Waals surface area (Å²) < 4.78 is 13.3. The highest BCUT2D eigenvalue weighted by atomic mass is 19.1. The molecule has 0 aliphatic carbocycles. The van der Waals surface area contributed by atoms with Gasteiger partial charge in [-0.2, -0.15) is 0 Å². The molecule has 102 valence electrons. The number of halogens is 1. The van der Waals surface area contributed by atoms with Crippen molar-refractivity contribution < 1.29 is 4.39 Å². The number of benzene rings is 1. The van der Waals surface area contributed by atoms with Gasteiger partial charge in [-0.1, -0.05) is 33.8 Å². The fraction of sp³-hybridized carbons (Fsp3) is 0.625. The summed E-state index contributed by atoms with van der Waals surface area (Å²) in [6.07, 6.45) is 1.99. The van der Waals surface area contributed by atoms with Crippen LogP contribution in [0.3, 0.4) is 0 Å². The Morgan fingerprint density at radius 1 is 1.28 bits per heavy atom. The zero-order chi connectivity index (χ0) is 13.8. The summed E-state index contributed by atoms with van der Waals surface area (Å²) in [5.74, 6) is -0.137.